The van der Waals surface area contributed by atoms with Gasteiger partial charge in [-0.05, 0) is 39.3 Å². The van der Waals surface area contributed by atoms with Gasteiger partial charge in [0.2, 0.25) is 0 Å². The average Bonchev–Trinajstić information content (AvgIpc) is 2.15. The van der Waals surface area contributed by atoms with E-state index in [9.17, 15) is 4.39 Å². The standard InChI is InChI=1S/C12H18FN3/c1-10-4-6-14-11(15-10)8-16-7-3-5-12(2,13)9-16/h4,6H,3,5,7-9H2,1-2H3/t12-/m0/s1. The molecule has 88 valence electrons. The Labute approximate surface area is 95.7 Å². The summed E-state index contributed by atoms with van der Waals surface area (Å²) < 4.78 is 13.8. The molecule has 1 fully saturated rings. The normalized spacial score (nSPS) is 26.9. The molecule has 0 N–H and O–H groups in total. The van der Waals surface area contributed by atoms with Crippen molar-refractivity contribution in [1.82, 2.24) is 14.9 Å². The number of hydrogen-bond acceptors (Lipinski definition) is 3. The van der Waals surface area contributed by atoms with Gasteiger partial charge in [-0.1, -0.05) is 0 Å². The summed E-state index contributed by atoms with van der Waals surface area (Å²) in [5.41, 5.74) is -0.0905. The summed E-state index contributed by atoms with van der Waals surface area (Å²) in [7, 11) is 0. The fourth-order valence-corrected chi connectivity index (χ4v) is 2.21. The van der Waals surface area contributed by atoms with Crippen molar-refractivity contribution in [3.63, 3.8) is 0 Å². The summed E-state index contributed by atoms with van der Waals surface area (Å²) in [5, 5.41) is 0. The molecule has 4 heteroatoms. The molecular formula is C12H18FN3. The van der Waals surface area contributed by atoms with E-state index < -0.39 is 5.67 Å². The molecule has 0 saturated carbocycles. The van der Waals surface area contributed by atoms with E-state index in [1.165, 1.54) is 0 Å². The molecule has 0 spiro atoms. The Morgan fingerprint density at radius 2 is 2.38 bits per heavy atom. The molecule has 1 aromatic heterocycles. The molecule has 2 heterocycles. The van der Waals surface area contributed by atoms with Crippen LogP contribution in [-0.4, -0.2) is 33.6 Å². The van der Waals surface area contributed by atoms with Crippen LogP contribution in [0.5, 0.6) is 0 Å². The quantitative estimate of drug-likeness (QED) is 0.769. The first kappa shape index (κ1) is 11.5. The molecule has 2 rings (SSSR count). The first-order valence-electron chi connectivity index (χ1n) is 5.75. The van der Waals surface area contributed by atoms with E-state index in [4.69, 9.17) is 0 Å². The van der Waals surface area contributed by atoms with E-state index in [0.29, 0.717) is 19.5 Å². The molecule has 0 aliphatic carbocycles. The average molecular weight is 223 g/mol. The lowest BCUT2D eigenvalue weighted by atomic mass is 9.97. The molecule has 1 aliphatic rings. The summed E-state index contributed by atoms with van der Waals surface area (Å²) in [5.74, 6) is 0.790. The number of aryl methyl sites for hydroxylation is 1. The topological polar surface area (TPSA) is 29.0 Å². The molecule has 1 aliphatic heterocycles. The smallest absolute Gasteiger partial charge is 0.142 e. The minimum absolute atomic E-state index is 0.490. The van der Waals surface area contributed by atoms with Crippen LogP contribution in [-0.2, 0) is 6.54 Å². The van der Waals surface area contributed by atoms with Gasteiger partial charge in [0.15, 0.2) is 0 Å². The molecular weight excluding hydrogens is 205 g/mol. The minimum Gasteiger partial charge on any atom is -0.293 e. The van der Waals surface area contributed by atoms with E-state index in [2.05, 4.69) is 14.9 Å². The Morgan fingerprint density at radius 1 is 1.56 bits per heavy atom. The van der Waals surface area contributed by atoms with Crippen molar-refractivity contribution in [2.24, 2.45) is 0 Å². The maximum Gasteiger partial charge on any atom is 0.142 e. The van der Waals surface area contributed by atoms with Crippen molar-refractivity contribution >= 4 is 0 Å². The van der Waals surface area contributed by atoms with Gasteiger partial charge in [-0.3, -0.25) is 4.90 Å². The van der Waals surface area contributed by atoms with E-state index in [1.807, 2.05) is 13.0 Å². The SMILES string of the molecule is Cc1ccnc(CN2CCC[C@](C)(F)C2)n1. The second kappa shape index (κ2) is 4.45. The van der Waals surface area contributed by atoms with E-state index in [0.717, 1.165) is 24.5 Å². The number of hydrogen-bond donors (Lipinski definition) is 0. The van der Waals surface area contributed by atoms with E-state index in [1.54, 1.807) is 13.1 Å². The monoisotopic (exact) mass is 223 g/mol. The molecule has 0 unspecified atom stereocenters. The van der Waals surface area contributed by atoms with Crippen LogP contribution in [0.3, 0.4) is 0 Å². The van der Waals surface area contributed by atoms with Crippen molar-refractivity contribution < 1.29 is 4.39 Å². The Morgan fingerprint density at radius 3 is 3.06 bits per heavy atom. The van der Waals surface area contributed by atoms with Crippen molar-refractivity contribution in [2.45, 2.75) is 38.9 Å². The van der Waals surface area contributed by atoms with E-state index >= 15 is 0 Å². The number of halogens is 1. The van der Waals surface area contributed by atoms with Gasteiger partial charge in [-0.15, -0.1) is 0 Å². The highest BCUT2D eigenvalue weighted by Gasteiger charge is 2.30. The van der Waals surface area contributed by atoms with E-state index in [-0.39, 0.29) is 0 Å². The Kier molecular flexibility index (Phi) is 3.19. The highest BCUT2D eigenvalue weighted by atomic mass is 19.1. The summed E-state index contributed by atoms with van der Waals surface area (Å²) in [6.07, 6.45) is 3.34. The summed E-state index contributed by atoms with van der Waals surface area (Å²) in [6.45, 7) is 5.71. The van der Waals surface area contributed by atoms with Gasteiger partial charge in [0.05, 0.1) is 6.54 Å². The molecule has 1 saturated heterocycles. The minimum atomic E-state index is -1.05. The van der Waals surface area contributed by atoms with Crippen LogP contribution in [0, 0.1) is 6.92 Å². The molecule has 1 aromatic rings. The summed E-state index contributed by atoms with van der Waals surface area (Å²) in [6, 6.07) is 1.87. The lowest BCUT2D eigenvalue weighted by Gasteiger charge is -2.34. The molecule has 0 aromatic carbocycles. The lowest BCUT2D eigenvalue weighted by Crippen LogP contribution is -2.43. The van der Waals surface area contributed by atoms with Gasteiger partial charge in [-0.25, -0.2) is 14.4 Å². The van der Waals surface area contributed by atoms with Gasteiger partial charge in [0.1, 0.15) is 11.5 Å². The largest absolute Gasteiger partial charge is 0.293 e. The Hall–Kier alpha value is -1.03. The van der Waals surface area contributed by atoms with Gasteiger partial charge >= 0.3 is 0 Å². The van der Waals surface area contributed by atoms with Crippen molar-refractivity contribution in [3.8, 4) is 0 Å². The lowest BCUT2D eigenvalue weighted by molar-refractivity contribution is 0.0549. The van der Waals surface area contributed by atoms with Gasteiger partial charge in [-0.2, -0.15) is 0 Å². The third-order valence-corrected chi connectivity index (χ3v) is 2.94. The van der Waals surface area contributed by atoms with Crippen LogP contribution in [0.15, 0.2) is 12.3 Å². The predicted molar refractivity (Wildman–Crippen MR) is 60.8 cm³/mol. The molecule has 0 amide bonds. The number of likely N-dealkylation sites (tertiary alicyclic amines) is 1. The van der Waals surface area contributed by atoms with Crippen LogP contribution in [0.4, 0.5) is 4.39 Å². The fraction of sp³-hybridized carbons (Fsp3) is 0.667. The van der Waals surface area contributed by atoms with Gasteiger partial charge in [0.25, 0.3) is 0 Å². The Bertz CT molecular complexity index is 365. The third-order valence-electron chi connectivity index (χ3n) is 2.94. The van der Waals surface area contributed by atoms with Crippen molar-refractivity contribution in [2.75, 3.05) is 13.1 Å². The first-order valence-corrected chi connectivity index (χ1v) is 5.75. The number of piperidine rings is 1. The van der Waals surface area contributed by atoms with Gasteiger partial charge in [0, 0.05) is 18.4 Å². The van der Waals surface area contributed by atoms with Crippen molar-refractivity contribution in [3.05, 3.63) is 23.8 Å². The maximum atomic E-state index is 13.8. The second-order valence-electron chi connectivity index (χ2n) is 4.84. The number of aromatic nitrogens is 2. The number of rotatable bonds is 2. The predicted octanol–water partition coefficient (Wildman–Crippen LogP) is 2.11. The van der Waals surface area contributed by atoms with Crippen LogP contribution in [0.25, 0.3) is 0 Å². The summed E-state index contributed by atoms with van der Waals surface area (Å²) >= 11 is 0. The summed E-state index contributed by atoms with van der Waals surface area (Å²) in [4.78, 5) is 10.6. The first-order chi connectivity index (χ1) is 7.55. The molecule has 0 radical (unpaired) electrons. The zero-order valence-electron chi connectivity index (χ0n) is 9.91. The molecule has 1 atom stereocenters. The zero-order valence-corrected chi connectivity index (χ0v) is 9.91. The highest BCUT2D eigenvalue weighted by Crippen LogP contribution is 2.24. The van der Waals surface area contributed by atoms with Crippen LogP contribution in [0.1, 0.15) is 31.3 Å². The Balaban J connectivity index is 1.99. The van der Waals surface area contributed by atoms with Crippen LogP contribution >= 0.6 is 0 Å². The third kappa shape index (κ3) is 2.98. The highest BCUT2D eigenvalue weighted by molar-refractivity contribution is 5.00. The van der Waals surface area contributed by atoms with Crippen LogP contribution in [0.2, 0.25) is 0 Å². The molecule has 16 heavy (non-hydrogen) atoms. The second-order valence-corrected chi connectivity index (χ2v) is 4.84. The van der Waals surface area contributed by atoms with Crippen LogP contribution < -0.4 is 0 Å². The maximum absolute atomic E-state index is 13.8. The fourth-order valence-electron chi connectivity index (χ4n) is 2.21. The zero-order chi connectivity index (χ0) is 11.6. The molecule has 3 nitrogen and oxygen atoms in total. The number of alkyl halides is 1. The van der Waals surface area contributed by atoms with Gasteiger partial charge < -0.3 is 0 Å². The molecule has 0 bridgehead atoms. The van der Waals surface area contributed by atoms with Crippen molar-refractivity contribution in [1.29, 1.82) is 0 Å². The number of nitrogens with zero attached hydrogens (tertiary/aromatic N) is 3.